The Morgan fingerprint density at radius 1 is 1.06 bits per heavy atom. The molecule has 4 rings (SSSR count). The van der Waals surface area contributed by atoms with Crippen molar-refractivity contribution in [1.29, 1.82) is 0 Å². The highest BCUT2D eigenvalue weighted by molar-refractivity contribution is 9.10. The van der Waals surface area contributed by atoms with Crippen molar-refractivity contribution in [1.82, 2.24) is 4.90 Å². The van der Waals surface area contributed by atoms with Crippen molar-refractivity contribution in [2.24, 2.45) is 0 Å². The molecule has 0 radical (unpaired) electrons. The van der Waals surface area contributed by atoms with Crippen LogP contribution in [-0.4, -0.2) is 22.8 Å². The van der Waals surface area contributed by atoms with Crippen LogP contribution in [0.15, 0.2) is 71.2 Å². The molecule has 2 unspecified atom stereocenters. The maximum absolute atomic E-state index is 14.5. The fourth-order valence-corrected chi connectivity index (χ4v) is 4.20. The molecule has 0 saturated carbocycles. The number of carbonyl (C=O) groups is 2. The molecule has 2 atom stereocenters. The SMILES string of the molecule is CCC1Oc2ccc(Br)cc2C(C(=O)Nc2ccccc2)N(Cc2c(F)cccc2F)C1=O. The lowest BCUT2D eigenvalue weighted by Crippen LogP contribution is -2.45. The summed E-state index contributed by atoms with van der Waals surface area (Å²) in [5.74, 6) is -2.27. The average Bonchev–Trinajstić information content (AvgIpc) is 2.91. The minimum absolute atomic E-state index is 0.295. The van der Waals surface area contributed by atoms with Crippen LogP contribution < -0.4 is 10.1 Å². The number of fused-ring (bicyclic) bond motifs is 1. The van der Waals surface area contributed by atoms with E-state index in [2.05, 4.69) is 21.2 Å². The first-order valence-electron chi connectivity index (χ1n) is 10.4. The van der Waals surface area contributed by atoms with E-state index >= 15 is 0 Å². The number of para-hydroxylation sites is 1. The molecule has 0 aromatic heterocycles. The summed E-state index contributed by atoms with van der Waals surface area (Å²) in [5.41, 5.74) is 0.649. The maximum atomic E-state index is 14.5. The molecule has 170 valence electrons. The van der Waals surface area contributed by atoms with Crippen LogP contribution in [0.4, 0.5) is 14.5 Å². The van der Waals surface area contributed by atoms with E-state index in [4.69, 9.17) is 4.74 Å². The van der Waals surface area contributed by atoms with E-state index in [-0.39, 0.29) is 5.56 Å². The number of hydrogen-bond donors (Lipinski definition) is 1. The van der Waals surface area contributed by atoms with Crippen LogP contribution in [-0.2, 0) is 16.1 Å². The summed E-state index contributed by atoms with van der Waals surface area (Å²) in [4.78, 5) is 28.2. The highest BCUT2D eigenvalue weighted by atomic mass is 79.9. The predicted octanol–water partition coefficient (Wildman–Crippen LogP) is 5.61. The molecule has 0 aliphatic carbocycles. The molecule has 1 aliphatic heterocycles. The maximum Gasteiger partial charge on any atom is 0.264 e. The molecule has 0 saturated heterocycles. The summed E-state index contributed by atoms with van der Waals surface area (Å²) in [6.07, 6.45) is -0.591. The Hall–Kier alpha value is -3.26. The van der Waals surface area contributed by atoms with Gasteiger partial charge in [-0.2, -0.15) is 0 Å². The molecule has 2 amide bonds. The van der Waals surface area contributed by atoms with Gasteiger partial charge in [-0.3, -0.25) is 9.59 Å². The van der Waals surface area contributed by atoms with Crippen molar-refractivity contribution < 1.29 is 23.1 Å². The second kappa shape index (κ2) is 9.70. The number of nitrogens with zero attached hydrogens (tertiary/aromatic N) is 1. The topological polar surface area (TPSA) is 58.6 Å². The predicted molar refractivity (Wildman–Crippen MR) is 124 cm³/mol. The van der Waals surface area contributed by atoms with Gasteiger partial charge in [-0.25, -0.2) is 8.78 Å². The van der Waals surface area contributed by atoms with Crippen LogP contribution >= 0.6 is 15.9 Å². The Balaban J connectivity index is 1.84. The quantitative estimate of drug-likeness (QED) is 0.481. The Labute approximate surface area is 198 Å². The lowest BCUT2D eigenvalue weighted by atomic mass is 10.0. The Bertz CT molecular complexity index is 1170. The Kier molecular flexibility index (Phi) is 6.74. The van der Waals surface area contributed by atoms with Gasteiger partial charge in [-0.1, -0.05) is 47.1 Å². The molecule has 3 aromatic rings. The first-order chi connectivity index (χ1) is 15.9. The van der Waals surface area contributed by atoms with E-state index in [9.17, 15) is 18.4 Å². The molecular weight excluding hydrogens is 494 g/mol. The molecule has 0 bridgehead atoms. The number of ether oxygens (including phenoxy) is 1. The van der Waals surface area contributed by atoms with Gasteiger partial charge in [0.05, 0.1) is 6.54 Å². The van der Waals surface area contributed by atoms with Crippen LogP contribution in [0.3, 0.4) is 0 Å². The van der Waals surface area contributed by atoms with Crippen LogP contribution in [0, 0.1) is 11.6 Å². The zero-order valence-corrected chi connectivity index (χ0v) is 19.3. The van der Waals surface area contributed by atoms with Crippen molar-refractivity contribution in [2.45, 2.75) is 32.0 Å². The molecule has 1 N–H and O–H groups in total. The number of rotatable bonds is 5. The highest BCUT2D eigenvalue weighted by Crippen LogP contribution is 2.38. The van der Waals surface area contributed by atoms with E-state index in [1.54, 1.807) is 49.4 Å². The molecule has 1 heterocycles. The van der Waals surface area contributed by atoms with E-state index in [0.717, 1.165) is 12.1 Å². The summed E-state index contributed by atoms with van der Waals surface area (Å²) < 4.78 is 35.7. The normalized spacial score (nSPS) is 17.7. The molecule has 5 nitrogen and oxygen atoms in total. The van der Waals surface area contributed by atoms with Crippen LogP contribution in [0.5, 0.6) is 5.75 Å². The van der Waals surface area contributed by atoms with Crippen LogP contribution in [0.25, 0.3) is 0 Å². The molecule has 8 heteroatoms. The summed E-state index contributed by atoms with van der Waals surface area (Å²) >= 11 is 3.41. The number of hydrogen-bond acceptors (Lipinski definition) is 3. The Morgan fingerprint density at radius 3 is 2.42 bits per heavy atom. The van der Waals surface area contributed by atoms with Crippen LogP contribution in [0.2, 0.25) is 0 Å². The van der Waals surface area contributed by atoms with Crippen molar-refractivity contribution in [3.8, 4) is 5.75 Å². The van der Waals surface area contributed by atoms with Crippen molar-refractivity contribution in [2.75, 3.05) is 5.32 Å². The summed E-state index contributed by atoms with van der Waals surface area (Å²) in [6.45, 7) is 1.34. The fraction of sp³-hybridized carbons (Fsp3) is 0.200. The summed E-state index contributed by atoms with van der Waals surface area (Å²) in [7, 11) is 0. The minimum atomic E-state index is -1.18. The fourth-order valence-electron chi connectivity index (χ4n) is 3.82. The first kappa shape index (κ1) is 22.9. The third-order valence-corrected chi connectivity index (χ3v) is 5.95. The summed E-state index contributed by atoms with van der Waals surface area (Å²) in [6, 6.07) is 16.2. The van der Waals surface area contributed by atoms with Gasteiger partial charge in [0.2, 0.25) is 0 Å². The minimum Gasteiger partial charge on any atom is -0.480 e. The molecule has 0 fully saturated rings. The molecular formula is C25H21BrF2N2O3. The van der Waals surface area contributed by atoms with Gasteiger partial charge in [0, 0.05) is 21.3 Å². The largest absolute Gasteiger partial charge is 0.480 e. The van der Waals surface area contributed by atoms with Crippen molar-refractivity contribution in [3.63, 3.8) is 0 Å². The third-order valence-electron chi connectivity index (χ3n) is 5.46. The number of benzene rings is 3. The molecule has 0 spiro atoms. The van der Waals surface area contributed by atoms with Crippen molar-refractivity contribution >= 4 is 33.4 Å². The number of anilines is 1. The molecule has 33 heavy (non-hydrogen) atoms. The van der Waals surface area contributed by atoms with Crippen molar-refractivity contribution in [3.05, 3.63) is 94.0 Å². The van der Waals surface area contributed by atoms with Gasteiger partial charge < -0.3 is 15.0 Å². The van der Waals surface area contributed by atoms with Gasteiger partial charge in [0.1, 0.15) is 23.4 Å². The number of amides is 2. The second-order valence-electron chi connectivity index (χ2n) is 7.62. The summed E-state index contributed by atoms with van der Waals surface area (Å²) in [5, 5.41) is 2.81. The van der Waals surface area contributed by atoms with E-state index in [1.165, 1.54) is 11.0 Å². The molecule has 3 aromatic carbocycles. The highest BCUT2D eigenvalue weighted by Gasteiger charge is 2.41. The third kappa shape index (κ3) is 4.75. The number of carbonyl (C=O) groups excluding carboxylic acids is 2. The monoisotopic (exact) mass is 514 g/mol. The van der Waals surface area contributed by atoms with E-state index in [0.29, 0.717) is 27.9 Å². The smallest absolute Gasteiger partial charge is 0.264 e. The van der Waals surface area contributed by atoms with E-state index < -0.39 is 42.1 Å². The Morgan fingerprint density at radius 2 is 1.76 bits per heavy atom. The first-order valence-corrected chi connectivity index (χ1v) is 11.2. The van der Waals surface area contributed by atoms with Gasteiger partial charge in [-0.15, -0.1) is 0 Å². The number of halogens is 3. The zero-order valence-electron chi connectivity index (χ0n) is 17.7. The van der Waals surface area contributed by atoms with E-state index in [1.807, 2.05) is 6.07 Å². The number of nitrogens with one attached hydrogen (secondary N) is 1. The van der Waals surface area contributed by atoms with Gasteiger partial charge in [0.15, 0.2) is 6.10 Å². The second-order valence-corrected chi connectivity index (χ2v) is 8.54. The average molecular weight is 515 g/mol. The molecule has 1 aliphatic rings. The van der Waals surface area contributed by atoms with Gasteiger partial charge in [-0.05, 0) is 48.9 Å². The zero-order chi connectivity index (χ0) is 23.5. The lowest BCUT2D eigenvalue weighted by Gasteiger charge is -2.31. The van der Waals surface area contributed by atoms with Gasteiger partial charge >= 0.3 is 0 Å². The lowest BCUT2D eigenvalue weighted by molar-refractivity contribution is -0.144. The van der Waals surface area contributed by atoms with Crippen LogP contribution in [0.1, 0.15) is 30.5 Å². The standard InChI is InChI=1S/C25H21BrF2N2O3/c1-2-21-25(32)30(14-18-19(27)9-6-10-20(18)28)23(17-13-15(26)11-12-22(17)33-21)24(31)29-16-7-4-3-5-8-16/h3-13,21,23H,2,14H2,1H3,(H,29,31). The van der Waals surface area contributed by atoms with Gasteiger partial charge in [0.25, 0.3) is 11.8 Å².